The van der Waals surface area contributed by atoms with Gasteiger partial charge in [-0.1, -0.05) is 19.3 Å². The molecule has 0 saturated heterocycles. The van der Waals surface area contributed by atoms with Crippen LogP contribution in [0.1, 0.15) is 42.5 Å². The highest BCUT2D eigenvalue weighted by molar-refractivity contribution is 5.99. The molecular weight excluding hydrogens is 250 g/mol. The maximum atomic E-state index is 13.6. The van der Waals surface area contributed by atoms with E-state index in [1.165, 1.54) is 19.6 Å². The van der Waals surface area contributed by atoms with Gasteiger partial charge < -0.3 is 4.74 Å². The van der Waals surface area contributed by atoms with Crippen LogP contribution in [0, 0.1) is 17.6 Å². The van der Waals surface area contributed by atoms with Gasteiger partial charge in [0.25, 0.3) is 0 Å². The van der Waals surface area contributed by atoms with Crippen LogP contribution in [0.25, 0.3) is 0 Å². The van der Waals surface area contributed by atoms with E-state index >= 15 is 0 Å². The zero-order valence-corrected chi connectivity index (χ0v) is 11.0. The van der Waals surface area contributed by atoms with E-state index in [0.717, 1.165) is 37.8 Å². The number of ketones is 1. The first-order valence-corrected chi connectivity index (χ1v) is 6.65. The van der Waals surface area contributed by atoms with E-state index in [1.807, 2.05) is 0 Å². The molecule has 0 N–H and O–H groups in total. The number of carbonyl (C=O) groups is 1. The number of carbonyl (C=O) groups excluding carboxylic acids is 1. The van der Waals surface area contributed by atoms with Gasteiger partial charge in [0.05, 0.1) is 5.56 Å². The van der Waals surface area contributed by atoms with E-state index in [4.69, 9.17) is 4.74 Å². The lowest BCUT2D eigenvalue weighted by Gasteiger charge is -2.28. The molecule has 1 unspecified atom stereocenters. The predicted octanol–water partition coefficient (Wildman–Crippen LogP) is 3.74. The molecule has 1 aromatic rings. The lowest BCUT2D eigenvalue weighted by Crippen LogP contribution is -2.33. The smallest absolute Gasteiger partial charge is 0.194 e. The Morgan fingerprint density at radius 3 is 2.53 bits per heavy atom. The number of hydrogen-bond acceptors (Lipinski definition) is 2. The van der Waals surface area contributed by atoms with Gasteiger partial charge >= 0.3 is 0 Å². The van der Waals surface area contributed by atoms with Crippen molar-refractivity contribution in [2.75, 3.05) is 7.11 Å². The predicted molar refractivity (Wildman–Crippen MR) is 68.1 cm³/mol. The maximum Gasteiger partial charge on any atom is 0.194 e. The van der Waals surface area contributed by atoms with Crippen molar-refractivity contribution >= 4 is 5.78 Å². The molecule has 104 valence electrons. The van der Waals surface area contributed by atoms with Crippen LogP contribution in [0.15, 0.2) is 18.2 Å². The number of methoxy groups -OCH3 is 1. The SMILES string of the molecule is COC(C(=O)c1ccc(F)cc1F)C1CCCCC1. The Labute approximate surface area is 111 Å². The van der Waals surface area contributed by atoms with E-state index in [1.54, 1.807) is 0 Å². The zero-order chi connectivity index (χ0) is 13.8. The van der Waals surface area contributed by atoms with Crippen molar-refractivity contribution < 1.29 is 18.3 Å². The number of halogens is 2. The normalized spacial score (nSPS) is 18.3. The maximum absolute atomic E-state index is 13.6. The minimum Gasteiger partial charge on any atom is -0.373 e. The molecule has 0 spiro atoms. The summed E-state index contributed by atoms with van der Waals surface area (Å²) >= 11 is 0. The Morgan fingerprint density at radius 1 is 1.26 bits per heavy atom. The lowest BCUT2D eigenvalue weighted by atomic mass is 9.82. The quantitative estimate of drug-likeness (QED) is 0.777. The molecule has 0 aromatic heterocycles. The molecule has 0 amide bonds. The van der Waals surface area contributed by atoms with Crippen LogP contribution in [0.2, 0.25) is 0 Å². The van der Waals surface area contributed by atoms with Crippen molar-refractivity contribution in [3.05, 3.63) is 35.4 Å². The first kappa shape index (κ1) is 14.1. The summed E-state index contributed by atoms with van der Waals surface area (Å²) in [4.78, 5) is 12.3. The van der Waals surface area contributed by atoms with Crippen LogP contribution in [-0.4, -0.2) is 19.0 Å². The minimum absolute atomic E-state index is 0.0844. The molecule has 0 bridgehead atoms. The number of hydrogen-bond donors (Lipinski definition) is 0. The van der Waals surface area contributed by atoms with Crippen LogP contribution in [0.3, 0.4) is 0 Å². The molecule has 1 aliphatic carbocycles. The summed E-state index contributed by atoms with van der Waals surface area (Å²) in [5.74, 6) is -1.74. The first-order valence-electron chi connectivity index (χ1n) is 6.65. The summed E-state index contributed by atoms with van der Waals surface area (Å²) < 4.78 is 31.8. The molecule has 1 aromatic carbocycles. The van der Waals surface area contributed by atoms with Gasteiger partial charge in [0.1, 0.15) is 17.7 Å². The van der Waals surface area contributed by atoms with E-state index in [2.05, 4.69) is 0 Å². The van der Waals surface area contributed by atoms with Gasteiger partial charge in [0.15, 0.2) is 5.78 Å². The highest BCUT2D eigenvalue weighted by atomic mass is 19.1. The Balaban J connectivity index is 2.19. The molecule has 0 aliphatic heterocycles. The molecule has 1 saturated carbocycles. The minimum atomic E-state index is -0.817. The van der Waals surface area contributed by atoms with Gasteiger partial charge in [-0.3, -0.25) is 4.79 Å². The first-order chi connectivity index (χ1) is 9.13. The third kappa shape index (κ3) is 3.18. The molecule has 1 fully saturated rings. The van der Waals surface area contributed by atoms with E-state index in [-0.39, 0.29) is 17.3 Å². The fraction of sp³-hybridized carbons (Fsp3) is 0.533. The van der Waals surface area contributed by atoms with Crippen LogP contribution in [0.5, 0.6) is 0 Å². The molecule has 4 heteroatoms. The second kappa shape index (κ2) is 6.24. The Morgan fingerprint density at radius 2 is 1.95 bits per heavy atom. The molecule has 0 heterocycles. The second-order valence-corrected chi connectivity index (χ2v) is 5.04. The molecule has 1 atom stereocenters. The summed E-state index contributed by atoms with van der Waals surface area (Å²) in [6, 6.07) is 3.03. The van der Waals surface area contributed by atoms with Gasteiger partial charge in [-0.15, -0.1) is 0 Å². The topological polar surface area (TPSA) is 26.3 Å². The van der Waals surface area contributed by atoms with Crippen molar-refractivity contribution in [2.45, 2.75) is 38.2 Å². The van der Waals surface area contributed by atoms with Crippen molar-refractivity contribution in [2.24, 2.45) is 5.92 Å². The van der Waals surface area contributed by atoms with Crippen molar-refractivity contribution in [3.63, 3.8) is 0 Å². The average Bonchev–Trinajstić information content (AvgIpc) is 2.40. The monoisotopic (exact) mass is 268 g/mol. The summed E-state index contributed by atoms with van der Waals surface area (Å²) in [5, 5.41) is 0. The van der Waals surface area contributed by atoms with E-state index < -0.39 is 17.7 Å². The summed E-state index contributed by atoms with van der Waals surface area (Å²) in [6.07, 6.45) is 4.54. The molecule has 0 radical (unpaired) electrons. The van der Waals surface area contributed by atoms with Crippen LogP contribution >= 0.6 is 0 Å². The summed E-state index contributed by atoms with van der Waals surface area (Å²) in [6.45, 7) is 0. The molecular formula is C15H18F2O2. The van der Waals surface area contributed by atoms with Crippen molar-refractivity contribution in [3.8, 4) is 0 Å². The molecule has 2 rings (SSSR count). The zero-order valence-electron chi connectivity index (χ0n) is 11.0. The van der Waals surface area contributed by atoms with Crippen molar-refractivity contribution in [1.82, 2.24) is 0 Å². The Hall–Kier alpha value is -1.29. The number of benzene rings is 1. The Bertz CT molecular complexity index is 453. The van der Waals surface area contributed by atoms with Crippen LogP contribution < -0.4 is 0 Å². The van der Waals surface area contributed by atoms with E-state index in [9.17, 15) is 13.6 Å². The lowest BCUT2D eigenvalue weighted by molar-refractivity contribution is 0.0311. The average molecular weight is 268 g/mol. The highest BCUT2D eigenvalue weighted by Crippen LogP contribution is 2.29. The third-order valence-corrected chi connectivity index (χ3v) is 3.79. The van der Waals surface area contributed by atoms with Gasteiger partial charge in [0, 0.05) is 13.2 Å². The fourth-order valence-corrected chi connectivity index (χ4v) is 2.79. The van der Waals surface area contributed by atoms with Gasteiger partial charge in [-0.05, 0) is 30.9 Å². The van der Waals surface area contributed by atoms with Crippen LogP contribution in [0.4, 0.5) is 8.78 Å². The fourth-order valence-electron chi connectivity index (χ4n) is 2.79. The summed E-state index contributed by atoms with van der Waals surface area (Å²) in [7, 11) is 1.47. The number of Topliss-reactive ketones (excluding diaryl/α,β-unsaturated/α-hetero) is 1. The Kier molecular flexibility index (Phi) is 4.64. The molecule has 19 heavy (non-hydrogen) atoms. The van der Waals surface area contributed by atoms with Gasteiger partial charge in [0.2, 0.25) is 0 Å². The molecule has 2 nitrogen and oxygen atoms in total. The van der Waals surface area contributed by atoms with Crippen molar-refractivity contribution in [1.29, 1.82) is 0 Å². The highest BCUT2D eigenvalue weighted by Gasteiger charge is 2.31. The number of ether oxygens (including phenoxy) is 1. The number of rotatable bonds is 4. The van der Waals surface area contributed by atoms with Crippen LogP contribution in [-0.2, 0) is 4.74 Å². The summed E-state index contributed by atoms with van der Waals surface area (Å²) in [5.41, 5.74) is -0.0844. The third-order valence-electron chi connectivity index (χ3n) is 3.79. The standard InChI is InChI=1S/C15H18F2O2/c1-19-15(10-5-3-2-4-6-10)14(18)12-8-7-11(16)9-13(12)17/h7-10,15H,2-6H2,1H3. The second-order valence-electron chi connectivity index (χ2n) is 5.04. The van der Waals surface area contributed by atoms with E-state index in [0.29, 0.717) is 0 Å². The van der Waals surface area contributed by atoms with Gasteiger partial charge in [-0.2, -0.15) is 0 Å². The largest absolute Gasteiger partial charge is 0.373 e. The molecule has 1 aliphatic rings. The van der Waals surface area contributed by atoms with Gasteiger partial charge in [-0.25, -0.2) is 8.78 Å².